The second-order valence-electron chi connectivity index (χ2n) is 5.73. The zero-order chi connectivity index (χ0) is 15.1. The molecule has 1 aliphatic carbocycles. The van der Waals surface area contributed by atoms with Crippen molar-refractivity contribution in [3.63, 3.8) is 0 Å². The van der Waals surface area contributed by atoms with Crippen LogP contribution in [0.2, 0.25) is 0 Å². The number of methoxy groups -OCH3 is 1. The number of rotatable bonds is 6. The van der Waals surface area contributed by atoms with Crippen molar-refractivity contribution in [2.75, 3.05) is 13.7 Å². The monoisotopic (exact) mass is 287 g/mol. The van der Waals surface area contributed by atoms with E-state index in [1.165, 1.54) is 32.1 Å². The largest absolute Gasteiger partial charge is 0.496 e. The Morgan fingerprint density at radius 2 is 2.14 bits per heavy atom. The molecule has 1 aromatic carbocycles. The van der Waals surface area contributed by atoms with Crippen LogP contribution in [-0.4, -0.2) is 19.6 Å². The van der Waals surface area contributed by atoms with Gasteiger partial charge in [0, 0.05) is 12.1 Å². The van der Waals surface area contributed by atoms with Crippen molar-refractivity contribution in [2.24, 2.45) is 5.92 Å². The molecule has 1 N–H and O–H groups in total. The predicted molar refractivity (Wildman–Crippen MR) is 85.8 cm³/mol. The molecule has 114 valence electrons. The fourth-order valence-corrected chi connectivity index (χ4v) is 2.97. The first kappa shape index (κ1) is 15.6. The first-order chi connectivity index (χ1) is 10.2. The number of carbonyl (C=O) groups is 1. The van der Waals surface area contributed by atoms with Crippen molar-refractivity contribution in [1.29, 1.82) is 0 Å². The molecule has 0 bridgehead atoms. The summed E-state index contributed by atoms with van der Waals surface area (Å²) in [5, 5.41) is 3.07. The lowest BCUT2D eigenvalue weighted by Crippen LogP contribution is -2.30. The normalized spacial score (nSPS) is 15.5. The molecule has 1 aromatic rings. The van der Waals surface area contributed by atoms with Crippen LogP contribution < -0.4 is 10.1 Å². The number of hydrogen-bond acceptors (Lipinski definition) is 2. The van der Waals surface area contributed by atoms with Crippen LogP contribution in [0.5, 0.6) is 5.75 Å². The van der Waals surface area contributed by atoms with Gasteiger partial charge in [-0.25, -0.2) is 0 Å². The van der Waals surface area contributed by atoms with Gasteiger partial charge in [-0.1, -0.05) is 25.3 Å². The summed E-state index contributed by atoms with van der Waals surface area (Å²) in [5.41, 5.74) is 1.70. The van der Waals surface area contributed by atoms with Gasteiger partial charge >= 0.3 is 0 Å². The topological polar surface area (TPSA) is 38.3 Å². The number of ether oxygens (including phenoxy) is 1. The van der Waals surface area contributed by atoms with Crippen LogP contribution in [0.1, 0.15) is 48.0 Å². The molecule has 0 aromatic heterocycles. The maximum Gasteiger partial charge on any atom is 0.251 e. The van der Waals surface area contributed by atoms with Crippen LogP contribution in [0.3, 0.4) is 0 Å². The number of nitrogens with one attached hydrogen (secondary N) is 1. The lowest BCUT2D eigenvalue weighted by molar-refractivity contribution is 0.0943. The van der Waals surface area contributed by atoms with Gasteiger partial charge in [0.15, 0.2) is 0 Å². The van der Waals surface area contributed by atoms with Gasteiger partial charge in [0.05, 0.1) is 7.11 Å². The number of carbonyl (C=O) groups excluding carboxylic acids is 1. The Morgan fingerprint density at radius 1 is 1.38 bits per heavy atom. The smallest absolute Gasteiger partial charge is 0.251 e. The zero-order valence-electron chi connectivity index (χ0n) is 12.9. The minimum Gasteiger partial charge on any atom is -0.496 e. The fourth-order valence-electron chi connectivity index (χ4n) is 2.97. The van der Waals surface area contributed by atoms with E-state index in [1.54, 1.807) is 7.11 Å². The van der Waals surface area contributed by atoms with Gasteiger partial charge in [0.25, 0.3) is 5.91 Å². The Morgan fingerprint density at radius 3 is 2.81 bits per heavy atom. The minimum atomic E-state index is 0.00791. The molecule has 1 aliphatic rings. The molecule has 3 nitrogen and oxygen atoms in total. The Labute approximate surface area is 127 Å². The minimum absolute atomic E-state index is 0.00791. The van der Waals surface area contributed by atoms with Gasteiger partial charge in [0.2, 0.25) is 0 Å². The number of allylic oxidation sites excluding steroid dienone is 1. The molecule has 1 saturated carbocycles. The van der Waals surface area contributed by atoms with Crippen LogP contribution >= 0.6 is 0 Å². The van der Waals surface area contributed by atoms with Gasteiger partial charge < -0.3 is 10.1 Å². The SMILES string of the molecule is C=CCc1cc(C(=O)NCC2CCCCC2)ccc1OC. The fraction of sp³-hybridized carbons (Fsp3) is 0.500. The lowest BCUT2D eigenvalue weighted by Gasteiger charge is -2.21. The van der Waals surface area contributed by atoms with Crippen LogP contribution in [-0.2, 0) is 6.42 Å². The van der Waals surface area contributed by atoms with Crippen LogP contribution in [0.4, 0.5) is 0 Å². The van der Waals surface area contributed by atoms with Gasteiger partial charge in [-0.05, 0) is 48.9 Å². The third kappa shape index (κ3) is 4.35. The van der Waals surface area contributed by atoms with Crippen molar-refractivity contribution in [1.82, 2.24) is 5.32 Å². The molecule has 0 unspecified atom stereocenters. The van der Waals surface area contributed by atoms with Crippen molar-refractivity contribution < 1.29 is 9.53 Å². The van der Waals surface area contributed by atoms with E-state index in [9.17, 15) is 4.79 Å². The summed E-state index contributed by atoms with van der Waals surface area (Å²) >= 11 is 0. The second kappa shape index (κ2) is 7.87. The summed E-state index contributed by atoms with van der Waals surface area (Å²) in [6.45, 7) is 4.54. The van der Waals surface area contributed by atoms with Gasteiger partial charge in [-0.2, -0.15) is 0 Å². The molecule has 2 rings (SSSR count). The highest BCUT2D eigenvalue weighted by atomic mass is 16.5. The predicted octanol–water partition coefficient (Wildman–Crippen LogP) is 3.73. The highest BCUT2D eigenvalue weighted by molar-refractivity contribution is 5.94. The molecule has 3 heteroatoms. The van der Waals surface area contributed by atoms with Crippen molar-refractivity contribution in [2.45, 2.75) is 38.5 Å². The second-order valence-corrected chi connectivity index (χ2v) is 5.73. The van der Waals surface area contributed by atoms with Crippen molar-refractivity contribution in [3.8, 4) is 5.75 Å². The van der Waals surface area contributed by atoms with E-state index >= 15 is 0 Å². The number of hydrogen-bond donors (Lipinski definition) is 1. The summed E-state index contributed by atoms with van der Waals surface area (Å²) in [7, 11) is 1.64. The van der Waals surface area contributed by atoms with Crippen LogP contribution in [0, 0.1) is 5.92 Å². The summed E-state index contributed by atoms with van der Waals surface area (Å²) in [6, 6.07) is 5.58. The van der Waals surface area contributed by atoms with E-state index in [4.69, 9.17) is 4.74 Å². The molecule has 0 radical (unpaired) electrons. The van der Waals surface area contributed by atoms with Crippen molar-refractivity contribution in [3.05, 3.63) is 42.0 Å². The maximum absolute atomic E-state index is 12.3. The van der Waals surface area contributed by atoms with E-state index in [0.29, 0.717) is 17.9 Å². The summed E-state index contributed by atoms with van der Waals surface area (Å²) in [5.74, 6) is 1.46. The number of amides is 1. The third-order valence-electron chi connectivity index (χ3n) is 4.18. The van der Waals surface area contributed by atoms with Gasteiger partial charge in [0.1, 0.15) is 5.75 Å². The Hall–Kier alpha value is -1.77. The van der Waals surface area contributed by atoms with Crippen LogP contribution in [0.15, 0.2) is 30.9 Å². The van der Waals surface area contributed by atoms with Gasteiger partial charge in [-0.3, -0.25) is 4.79 Å². The lowest BCUT2D eigenvalue weighted by atomic mass is 9.89. The average molecular weight is 287 g/mol. The van der Waals surface area contributed by atoms with E-state index in [1.807, 2.05) is 24.3 Å². The first-order valence-corrected chi connectivity index (χ1v) is 7.80. The Bertz CT molecular complexity index is 490. The van der Waals surface area contributed by atoms with Gasteiger partial charge in [-0.15, -0.1) is 6.58 Å². The van der Waals surface area contributed by atoms with E-state index in [0.717, 1.165) is 17.9 Å². The third-order valence-corrected chi connectivity index (χ3v) is 4.18. The summed E-state index contributed by atoms with van der Waals surface area (Å²) < 4.78 is 5.31. The quantitative estimate of drug-likeness (QED) is 0.810. The standard InChI is InChI=1S/C18H25NO2/c1-3-7-15-12-16(10-11-17(15)21-2)18(20)19-13-14-8-5-4-6-9-14/h3,10-12,14H,1,4-9,13H2,2H3,(H,19,20). The van der Waals surface area contributed by atoms with Crippen LogP contribution in [0.25, 0.3) is 0 Å². The van der Waals surface area contributed by atoms with E-state index < -0.39 is 0 Å². The highest BCUT2D eigenvalue weighted by Crippen LogP contribution is 2.23. The molecule has 0 saturated heterocycles. The molecule has 21 heavy (non-hydrogen) atoms. The average Bonchev–Trinajstić information content (AvgIpc) is 2.54. The Balaban J connectivity index is 1.97. The zero-order valence-corrected chi connectivity index (χ0v) is 12.9. The summed E-state index contributed by atoms with van der Waals surface area (Å²) in [6.07, 6.45) is 8.94. The molecule has 1 fully saturated rings. The molecule has 0 atom stereocenters. The highest BCUT2D eigenvalue weighted by Gasteiger charge is 2.15. The Kier molecular flexibility index (Phi) is 5.85. The van der Waals surface area contributed by atoms with E-state index in [2.05, 4.69) is 11.9 Å². The van der Waals surface area contributed by atoms with E-state index in [-0.39, 0.29) is 5.91 Å². The molecule has 0 heterocycles. The first-order valence-electron chi connectivity index (χ1n) is 7.80. The molecular weight excluding hydrogens is 262 g/mol. The maximum atomic E-state index is 12.3. The van der Waals surface area contributed by atoms with Crippen molar-refractivity contribution >= 4 is 5.91 Å². The molecule has 0 aliphatic heterocycles. The number of benzene rings is 1. The molecular formula is C18H25NO2. The summed E-state index contributed by atoms with van der Waals surface area (Å²) in [4.78, 5) is 12.3. The molecule has 1 amide bonds. The molecule has 0 spiro atoms.